The third-order valence-electron chi connectivity index (χ3n) is 6.64. The van der Waals surface area contributed by atoms with E-state index in [9.17, 15) is 4.79 Å². The van der Waals surface area contributed by atoms with Gasteiger partial charge in [-0.3, -0.25) is 14.7 Å². The van der Waals surface area contributed by atoms with Gasteiger partial charge in [0.1, 0.15) is 11.5 Å². The van der Waals surface area contributed by atoms with Gasteiger partial charge in [-0.2, -0.15) is 0 Å². The Balaban J connectivity index is 1.35. The summed E-state index contributed by atoms with van der Waals surface area (Å²) in [4.78, 5) is 35.4. The number of nitrogens with one attached hydrogen (secondary N) is 1. The van der Waals surface area contributed by atoms with E-state index in [-0.39, 0.29) is 5.91 Å². The van der Waals surface area contributed by atoms with Gasteiger partial charge in [-0.15, -0.1) is 0 Å². The van der Waals surface area contributed by atoms with Crippen LogP contribution >= 0.6 is 0 Å². The van der Waals surface area contributed by atoms with Crippen LogP contribution in [-0.2, 0) is 7.05 Å². The van der Waals surface area contributed by atoms with E-state index in [0.717, 1.165) is 60.2 Å². The summed E-state index contributed by atoms with van der Waals surface area (Å²) >= 11 is 0. The van der Waals surface area contributed by atoms with Crippen LogP contribution in [-0.4, -0.2) is 67.5 Å². The number of hydrogen-bond donors (Lipinski definition) is 1. The Bertz CT molecular complexity index is 1340. The van der Waals surface area contributed by atoms with Crippen LogP contribution in [0.15, 0.2) is 55.4 Å². The van der Waals surface area contributed by atoms with Crippen LogP contribution in [0.5, 0.6) is 0 Å². The van der Waals surface area contributed by atoms with Gasteiger partial charge in [0.2, 0.25) is 0 Å². The maximum absolute atomic E-state index is 12.6. The van der Waals surface area contributed by atoms with E-state index in [4.69, 9.17) is 4.98 Å². The molecule has 0 atom stereocenters. The molecule has 0 unspecified atom stereocenters. The van der Waals surface area contributed by atoms with Crippen LogP contribution in [0.1, 0.15) is 23.2 Å². The summed E-state index contributed by atoms with van der Waals surface area (Å²) in [7, 11) is 1.98. The van der Waals surface area contributed by atoms with Crippen LogP contribution in [0.3, 0.4) is 0 Å². The Morgan fingerprint density at radius 1 is 1.03 bits per heavy atom. The number of pyridine rings is 3. The van der Waals surface area contributed by atoms with E-state index < -0.39 is 0 Å². The van der Waals surface area contributed by atoms with E-state index in [0.29, 0.717) is 11.4 Å². The van der Waals surface area contributed by atoms with Crippen molar-refractivity contribution in [1.29, 1.82) is 0 Å². The number of nitrogens with zero attached hydrogens (tertiary/aromatic N) is 7. The molecule has 1 saturated carbocycles. The molecule has 0 bridgehead atoms. The summed E-state index contributed by atoms with van der Waals surface area (Å²) in [5, 5.41) is 3.80. The molecule has 1 saturated heterocycles. The highest BCUT2D eigenvalue weighted by Crippen LogP contribution is 2.34. The first kappa shape index (κ1) is 20.7. The van der Waals surface area contributed by atoms with Crippen molar-refractivity contribution in [2.45, 2.75) is 18.9 Å². The first-order chi connectivity index (χ1) is 16.7. The van der Waals surface area contributed by atoms with Crippen molar-refractivity contribution in [3.63, 3.8) is 0 Å². The molecular weight excluding hydrogens is 428 g/mol. The average Bonchev–Trinajstić information content (AvgIpc) is 3.64. The molecule has 6 rings (SSSR count). The summed E-state index contributed by atoms with van der Waals surface area (Å²) < 4.78 is 1.99. The van der Waals surface area contributed by atoms with Crippen molar-refractivity contribution in [3.05, 3.63) is 60.9 Å². The number of aryl methyl sites for hydroxylation is 1. The summed E-state index contributed by atoms with van der Waals surface area (Å²) in [5.41, 5.74) is 4.25. The molecule has 34 heavy (non-hydrogen) atoms. The number of piperazine rings is 1. The molecule has 1 N–H and O–H groups in total. The fourth-order valence-corrected chi connectivity index (χ4v) is 4.60. The lowest BCUT2D eigenvalue weighted by Crippen LogP contribution is -2.47. The topological polar surface area (TPSA) is 92.1 Å². The maximum Gasteiger partial charge on any atom is 0.256 e. The van der Waals surface area contributed by atoms with E-state index in [1.807, 2.05) is 23.9 Å². The smallest absolute Gasteiger partial charge is 0.256 e. The molecule has 4 aromatic heterocycles. The molecule has 172 valence electrons. The third-order valence-corrected chi connectivity index (χ3v) is 6.64. The molecule has 2 aliphatic rings. The minimum atomic E-state index is -0.230. The van der Waals surface area contributed by atoms with Crippen molar-refractivity contribution >= 4 is 28.3 Å². The zero-order chi connectivity index (χ0) is 23.1. The summed E-state index contributed by atoms with van der Waals surface area (Å²) in [6, 6.07) is 8.12. The zero-order valence-electron chi connectivity index (χ0n) is 19.1. The van der Waals surface area contributed by atoms with Crippen molar-refractivity contribution in [3.8, 4) is 11.4 Å². The molecule has 0 aromatic carbocycles. The monoisotopic (exact) mass is 454 g/mol. The van der Waals surface area contributed by atoms with Crippen molar-refractivity contribution in [1.82, 2.24) is 29.4 Å². The van der Waals surface area contributed by atoms with Gasteiger partial charge in [-0.1, -0.05) is 0 Å². The second-order valence-electron chi connectivity index (χ2n) is 8.95. The first-order valence-electron chi connectivity index (χ1n) is 11.6. The maximum atomic E-state index is 12.6. The molecule has 0 radical (unpaired) electrons. The lowest BCUT2D eigenvalue weighted by Gasteiger charge is -2.37. The van der Waals surface area contributed by atoms with Gasteiger partial charge in [0, 0.05) is 74.9 Å². The normalized spacial score (nSPS) is 16.7. The molecule has 0 spiro atoms. The number of carbonyl (C=O) groups excluding carboxylic acids is 1. The lowest BCUT2D eigenvalue weighted by atomic mass is 10.1. The Kier molecular flexibility index (Phi) is 5.18. The molecule has 4 aromatic rings. The summed E-state index contributed by atoms with van der Waals surface area (Å²) in [5.74, 6) is 0.231. The van der Waals surface area contributed by atoms with Crippen LogP contribution in [0.25, 0.3) is 22.3 Å². The second-order valence-corrected chi connectivity index (χ2v) is 8.95. The standard InChI is InChI=1S/C25H26N8O/c1-31-16-27-15-22(31)24-21(33-10-8-32(9-11-33)19-2-3-19)12-18-14-28-23(13-20(18)29-24)30-25(34)17-4-6-26-7-5-17/h4-7,12-16,19H,2-3,8-11H2,1H3,(H,28,30,34). The third kappa shape index (κ3) is 3.99. The largest absolute Gasteiger partial charge is 0.367 e. The van der Waals surface area contributed by atoms with E-state index in [1.165, 1.54) is 12.8 Å². The fourth-order valence-electron chi connectivity index (χ4n) is 4.60. The Morgan fingerprint density at radius 3 is 2.53 bits per heavy atom. The highest BCUT2D eigenvalue weighted by atomic mass is 16.1. The summed E-state index contributed by atoms with van der Waals surface area (Å²) in [6.07, 6.45) is 11.3. The Hall–Kier alpha value is -3.85. The van der Waals surface area contributed by atoms with Crippen molar-refractivity contribution in [2.75, 3.05) is 36.4 Å². The molecular formula is C25H26N8O. The SMILES string of the molecule is Cn1cncc1-c1nc2cc(NC(=O)c3ccncc3)ncc2cc1N1CCN(C2CC2)CC1. The number of hydrogen-bond acceptors (Lipinski definition) is 7. The quantitative estimate of drug-likeness (QED) is 0.496. The number of carbonyl (C=O) groups is 1. The number of rotatable bonds is 5. The van der Waals surface area contributed by atoms with Crippen LogP contribution in [0.2, 0.25) is 0 Å². The van der Waals surface area contributed by atoms with Crippen LogP contribution in [0, 0.1) is 0 Å². The van der Waals surface area contributed by atoms with Crippen molar-refractivity contribution < 1.29 is 4.79 Å². The average molecular weight is 455 g/mol. The van der Waals surface area contributed by atoms with E-state index >= 15 is 0 Å². The predicted molar refractivity (Wildman–Crippen MR) is 131 cm³/mol. The Labute approximate surface area is 197 Å². The predicted octanol–water partition coefficient (Wildman–Crippen LogP) is 2.96. The molecule has 1 aliphatic heterocycles. The number of imidazole rings is 1. The lowest BCUT2D eigenvalue weighted by molar-refractivity contribution is 0.102. The van der Waals surface area contributed by atoms with Crippen LogP contribution in [0.4, 0.5) is 11.5 Å². The molecule has 2 fully saturated rings. The highest BCUT2D eigenvalue weighted by molar-refractivity contribution is 6.04. The van der Waals surface area contributed by atoms with E-state index in [1.54, 1.807) is 37.1 Å². The summed E-state index contributed by atoms with van der Waals surface area (Å²) in [6.45, 7) is 4.10. The number of aromatic nitrogens is 5. The number of fused-ring (bicyclic) bond motifs is 1. The molecule has 9 heteroatoms. The highest BCUT2D eigenvalue weighted by Gasteiger charge is 2.32. The molecule has 5 heterocycles. The Morgan fingerprint density at radius 2 is 1.82 bits per heavy atom. The van der Waals surface area contributed by atoms with Crippen molar-refractivity contribution in [2.24, 2.45) is 7.05 Å². The van der Waals surface area contributed by atoms with Crippen LogP contribution < -0.4 is 10.2 Å². The second kappa shape index (κ2) is 8.49. The first-order valence-corrected chi connectivity index (χ1v) is 11.6. The number of anilines is 2. The number of amides is 1. The minimum Gasteiger partial charge on any atom is -0.367 e. The molecule has 1 aliphatic carbocycles. The van der Waals surface area contributed by atoms with Gasteiger partial charge in [0.25, 0.3) is 5.91 Å². The van der Waals surface area contributed by atoms with Gasteiger partial charge < -0.3 is 14.8 Å². The van der Waals surface area contributed by atoms with E-state index in [2.05, 4.69) is 36.1 Å². The van der Waals surface area contributed by atoms with Gasteiger partial charge in [-0.25, -0.2) is 15.0 Å². The van der Waals surface area contributed by atoms with Gasteiger partial charge in [0.15, 0.2) is 0 Å². The van der Waals surface area contributed by atoms with Gasteiger partial charge >= 0.3 is 0 Å². The van der Waals surface area contributed by atoms with Gasteiger partial charge in [-0.05, 0) is 31.0 Å². The minimum absolute atomic E-state index is 0.230. The molecule has 1 amide bonds. The molecule has 9 nitrogen and oxygen atoms in total. The van der Waals surface area contributed by atoms with Gasteiger partial charge in [0.05, 0.1) is 29.4 Å². The zero-order valence-corrected chi connectivity index (χ0v) is 19.1. The fraction of sp³-hybridized carbons (Fsp3) is 0.320.